The van der Waals surface area contributed by atoms with Gasteiger partial charge in [-0.1, -0.05) is 48.5 Å². The van der Waals surface area contributed by atoms with Crippen molar-refractivity contribution in [2.45, 2.75) is 31.2 Å². The Morgan fingerprint density at radius 1 is 1.03 bits per heavy atom. The quantitative estimate of drug-likeness (QED) is 0.304. The molecule has 0 N–H and O–H groups in total. The Hall–Kier alpha value is -2.91. The van der Waals surface area contributed by atoms with Crippen LogP contribution < -0.4 is 43.7 Å². The molecule has 0 saturated heterocycles. The molecule has 0 spiro atoms. The summed E-state index contributed by atoms with van der Waals surface area (Å²) in [7, 11) is -4.08. The minimum absolute atomic E-state index is 0. The van der Waals surface area contributed by atoms with Gasteiger partial charge in [0, 0.05) is 17.1 Å². The number of aromatic carboxylic acids is 1. The van der Waals surface area contributed by atoms with Crippen LogP contribution in [-0.2, 0) is 16.6 Å². The van der Waals surface area contributed by atoms with E-state index in [9.17, 15) is 18.3 Å². The molecule has 1 fully saturated rings. The number of ether oxygens (including phenoxy) is 1. The third-order valence-electron chi connectivity index (χ3n) is 6.37. The van der Waals surface area contributed by atoms with Gasteiger partial charge in [-0.3, -0.25) is 0 Å². The fourth-order valence-corrected chi connectivity index (χ4v) is 5.54. The molecule has 1 heterocycles. The van der Waals surface area contributed by atoms with E-state index in [-0.39, 0.29) is 46.6 Å². The molecular weight excluding hydrogens is 499 g/mol. The fraction of sp³-hybridized carbons (Fsp3) is 0.214. The number of carbonyl (C=O) groups is 1. The molecule has 5 rings (SSSR count). The van der Waals surface area contributed by atoms with E-state index in [1.807, 2.05) is 55.5 Å². The van der Waals surface area contributed by atoms with Gasteiger partial charge in [0.1, 0.15) is 11.6 Å². The van der Waals surface area contributed by atoms with Gasteiger partial charge in [-0.25, -0.2) is 17.7 Å². The van der Waals surface area contributed by atoms with Crippen molar-refractivity contribution in [1.29, 1.82) is 0 Å². The fourth-order valence-electron chi connectivity index (χ4n) is 4.07. The zero-order valence-corrected chi connectivity index (χ0v) is 23.6. The number of carboxylic acid groups (broad SMARTS) is 1. The molecule has 0 aliphatic heterocycles. The van der Waals surface area contributed by atoms with E-state index in [1.165, 1.54) is 41.4 Å². The summed E-state index contributed by atoms with van der Waals surface area (Å²) in [5.41, 5.74) is 1.40. The first-order valence-electron chi connectivity index (χ1n) is 11.7. The van der Waals surface area contributed by atoms with Crippen molar-refractivity contribution in [3.63, 3.8) is 0 Å². The molecule has 37 heavy (non-hydrogen) atoms. The number of benzene rings is 3. The Morgan fingerprint density at radius 3 is 2.35 bits per heavy atom. The molecule has 0 radical (unpaired) electrons. The van der Waals surface area contributed by atoms with Gasteiger partial charge in [-0.2, -0.15) is 0 Å². The second-order valence-corrected chi connectivity index (χ2v) is 10.9. The zero-order valence-electron chi connectivity index (χ0n) is 20.8. The molecule has 0 amide bonds. The topological polar surface area (TPSA) is 99.6 Å². The molecule has 9 heteroatoms. The predicted molar refractivity (Wildman–Crippen MR) is 135 cm³/mol. The molecule has 1 saturated carbocycles. The van der Waals surface area contributed by atoms with Crippen LogP contribution in [0.2, 0.25) is 0 Å². The number of sulfonamides is 1. The summed E-state index contributed by atoms with van der Waals surface area (Å²) in [6.07, 6.45) is 4.06. The van der Waals surface area contributed by atoms with E-state index in [2.05, 4.69) is 4.98 Å². The molecule has 1 aliphatic rings. The predicted octanol–water partition coefficient (Wildman–Crippen LogP) is 1.10. The maximum atomic E-state index is 13.9. The van der Waals surface area contributed by atoms with Gasteiger partial charge in [0.2, 0.25) is 0 Å². The van der Waals surface area contributed by atoms with Crippen LogP contribution >= 0.6 is 0 Å². The first-order chi connectivity index (χ1) is 17.3. The van der Waals surface area contributed by atoms with Gasteiger partial charge < -0.3 is 14.6 Å². The number of fused-ring (bicyclic) bond motifs is 1. The van der Waals surface area contributed by atoms with Crippen molar-refractivity contribution in [1.82, 2.24) is 4.98 Å². The third-order valence-corrected chi connectivity index (χ3v) is 8.12. The summed E-state index contributed by atoms with van der Waals surface area (Å²) < 4.78 is 34.8. The molecule has 0 unspecified atom stereocenters. The SMILES string of the molecule is Cc1c(N(Cc2ccc(OCC3CC3)cc2)S(=O)(=O)c2ccc(C(=O)[O-])cc2)ncc2ccccc12.[Na+]. The maximum Gasteiger partial charge on any atom is 1.00 e. The van der Waals surface area contributed by atoms with Gasteiger partial charge in [0.05, 0.1) is 24.0 Å². The number of carbonyl (C=O) groups excluding carboxylic acids is 1. The number of hydrogen-bond donors (Lipinski definition) is 0. The van der Waals surface area contributed by atoms with E-state index >= 15 is 0 Å². The molecule has 3 aromatic carbocycles. The van der Waals surface area contributed by atoms with E-state index in [1.54, 1.807) is 6.20 Å². The van der Waals surface area contributed by atoms with Crippen LogP contribution in [0.4, 0.5) is 5.82 Å². The Labute approximate surface area is 238 Å². The smallest absolute Gasteiger partial charge is 0.545 e. The summed E-state index contributed by atoms with van der Waals surface area (Å²) in [6.45, 7) is 2.59. The van der Waals surface area contributed by atoms with E-state index in [0.717, 1.165) is 27.6 Å². The Morgan fingerprint density at radius 2 is 1.70 bits per heavy atom. The largest absolute Gasteiger partial charge is 1.00 e. The van der Waals surface area contributed by atoms with E-state index < -0.39 is 16.0 Å². The molecule has 1 aromatic heterocycles. The number of hydrogen-bond acceptors (Lipinski definition) is 6. The molecule has 0 bridgehead atoms. The normalized spacial score (nSPS) is 13.1. The number of anilines is 1. The van der Waals surface area contributed by atoms with Gasteiger partial charge in [0.15, 0.2) is 0 Å². The van der Waals surface area contributed by atoms with Crippen molar-refractivity contribution < 1.29 is 52.6 Å². The molecule has 7 nitrogen and oxygen atoms in total. The zero-order chi connectivity index (χ0) is 25.3. The number of pyridine rings is 1. The number of nitrogens with zero attached hydrogens (tertiary/aromatic N) is 2. The second kappa shape index (κ2) is 11.2. The van der Waals surface area contributed by atoms with Gasteiger partial charge >= 0.3 is 29.6 Å². The van der Waals surface area contributed by atoms with Gasteiger partial charge in [-0.05, 0) is 66.5 Å². The van der Waals surface area contributed by atoms with Crippen molar-refractivity contribution in [3.8, 4) is 5.75 Å². The molecule has 1 aliphatic carbocycles. The number of aromatic nitrogens is 1. The van der Waals surface area contributed by atoms with Crippen LogP contribution in [0, 0.1) is 12.8 Å². The first-order valence-corrected chi connectivity index (χ1v) is 13.2. The number of aryl methyl sites for hydroxylation is 1. The monoisotopic (exact) mass is 524 g/mol. The van der Waals surface area contributed by atoms with Crippen molar-refractivity contribution in [2.75, 3.05) is 10.9 Å². The number of carboxylic acids is 1. The third kappa shape index (κ3) is 5.99. The minimum Gasteiger partial charge on any atom is -0.545 e. The summed E-state index contributed by atoms with van der Waals surface area (Å²) >= 11 is 0. The van der Waals surface area contributed by atoms with E-state index in [4.69, 9.17) is 4.74 Å². The van der Waals surface area contributed by atoms with Crippen LogP contribution in [0.5, 0.6) is 5.75 Å². The summed E-state index contributed by atoms with van der Waals surface area (Å²) in [4.78, 5) is 15.6. The Kier molecular flexibility index (Phi) is 8.23. The van der Waals surface area contributed by atoms with Crippen LogP contribution in [0.25, 0.3) is 10.8 Å². The van der Waals surface area contributed by atoms with Gasteiger partial charge in [0.25, 0.3) is 10.0 Å². The summed E-state index contributed by atoms with van der Waals surface area (Å²) in [5, 5.41) is 13.0. The van der Waals surface area contributed by atoms with Crippen LogP contribution in [0.3, 0.4) is 0 Å². The first kappa shape index (κ1) is 27.1. The van der Waals surface area contributed by atoms with Crippen LogP contribution in [-0.4, -0.2) is 26.0 Å². The van der Waals surface area contributed by atoms with Crippen molar-refractivity contribution in [2.24, 2.45) is 5.92 Å². The van der Waals surface area contributed by atoms with E-state index in [0.29, 0.717) is 18.3 Å². The van der Waals surface area contributed by atoms with Crippen LogP contribution in [0.1, 0.15) is 34.3 Å². The van der Waals surface area contributed by atoms with Crippen molar-refractivity contribution >= 4 is 32.6 Å². The number of rotatable bonds is 9. The standard InChI is InChI=1S/C28H26N2O5S.Na/c1-19-26-5-3-2-4-23(26)16-29-27(19)30(36(33,34)25-14-10-22(11-15-25)28(31)32)17-20-8-12-24(13-9-20)35-18-21-6-7-21;/h2-5,8-16,21H,6-7,17-18H2,1H3,(H,31,32);/q;+1/p-1. The summed E-state index contributed by atoms with van der Waals surface area (Å²) in [6, 6.07) is 20.1. The molecule has 0 atom stereocenters. The molecular formula is C28H25N2NaO5S. The average Bonchev–Trinajstić information content (AvgIpc) is 3.72. The minimum atomic E-state index is -4.08. The van der Waals surface area contributed by atoms with Crippen molar-refractivity contribution in [3.05, 3.63) is 95.7 Å². The molecule has 4 aromatic rings. The Balaban J connectivity index is 0.00000320. The maximum absolute atomic E-state index is 13.9. The second-order valence-electron chi connectivity index (χ2n) is 9.02. The average molecular weight is 525 g/mol. The Bertz CT molecular complexity index is 1520. The molecule has 184 valence electrons. The van der Waals surface area contributed by atoms with Gasteiger partial charge in [-0.15, -0.1) is 0 Å². The van der Waals surface area contributed by atoms with Crippen LogP contribution in [0.15, 0.2) is 83.9 Å². The summed E-state index contributed by atoms with van der Waals surface area (Å²) in [5.74, 6) is 0.326.